The van der Waals surface area contributed by atoms with Gasteiger partial charge < -0.3 is 9.47 Å². The molecule has 0 aliphatic rings. The molecule has 0 atom stereocenters. The Morgan fingerprint density at radius 1 is 1.26 bits per heavy atom. The van der Waals surface area contributed by atoms with Crippen molar-refractivity contribution in [2.75, 3.05) is 13.2 Å². The number of ether oxygens (including phenoxy) is 2. The van der Waals surface area contributed by atoms with Gasteiger partial charge in [0.2, 0.25) is 0 Å². The SMILES string of the molecule is CCCC(=O)c1ccc(Br)cc1OCC(=O)OCC. The standard InChI is InChI=1S/C14H17BrO4/c1-3-5-12(16)11-7-6-10(15)8-13(11)19-9-14(17)18-4-2/h6-8H,3-5,9H2,1-2H3. The molecule has 0 aliphatic carbocycles. The van der Waals surface area contributed by atoms with Gasteiger partial charge in [-0.2, -0.15) is 0 Å². The maximum atomic E-state index is 11.9. The van der Waals surface area contributed by atoms with Gasteiger partial charge in [0.15, 0.2) is 12.4 Å². The summed E-state index contributed by atoms with van der Waals surface area (Å²) in [6.45, 7) is 3.78. The zero-order chi connectivity index (χ0) is 14.3. The van der Waals surface area contributed by atoms with Crippen molar-refractivity contribution in [1.82, 2.24) is 0 Å². The summed E-state index contributed by atoms with van der Waals surface area (Å²) in [5, 5.41) is 0. The first-order chi connectivity index (χ1) is 9.08. The molecule has 19 heavy (non-hydrogen) atoms. The van der Waals surface area contributed by atoms with Crippen LogP contribution in [0.2, 0.25) is 0 Å². The Kier molecular flexibility index (Phi) is 6.56. The fourth-order valence-electron chi connectivity index (χ4n) is 1.55. The number of carbonyl (C=O) groups excluding carboxylic acids is 2. The Labute approximate surface area is 121 Å². The number of rotatable bonds is 7. The number of esters is 1. The number of halogens is 1. The second-order valence-corrected chi connectivity index (χ2v) is 4.82. The summed E-state index contributed by atoms with van der Waals surface area (Å²) in [7, 11) is 0. The van der Waals surface area contributed by atoms with Gasteiger partial charge in [-0.05, 0) is 31.5 Å². The van der Waals surface area contributed by atoms with Crippen molar-refractivity contribution in [2.24, 2.45) is 0 Å². The lowest BCUT2D eigenvalue weighted by Crippen LogP contribution is -2.16. The van der Waals surface area contributed by atoms with E-state index >= 15 is 0 Å². The highest BCUT2D eigenvalue weighted by molar-refractivity contribution is 9.10. The normalized spacial score (nSPS) is 10.1. The molecule has 4 nitrogen and oxygen atoms in total. The second-order valence-electron chi connectivity index (χ2n) is 3.91. The van der Waals surface area contributed by atoms with Crippen molar-refractivity contribution in [3.8, 4) is 5.75 Å². The van der Waals surface area contributed by atoms with Gasteiger partial charge >= 0.3 is 5.97 Å². The molecule has 1 rings (SSSR count). The van der Waals surface area contributed by atoms with E-state index in [4.69, 9.17) is 9.47 Å². The lowest BCUT2D eigenvalue weighted by molar-refractivity contribution is -0.145. The van der Waals surface area contributed by atoms with Crippen molar-refractivity contribution >= 4 is 27.7 Å². The molecule has 5 heteroatoms. The molecule has 0 aromatic heterocycles. The molecule has 0 radical (unpaired) electrons. The number of benzene rings is 1. The molecule has 0 fully saturated rings. The molecular weight excluding hydrogens is 312 g/mol. The summed E-state index contributed by atoms with van der Waals surface area (Å²) in [4.78, 5) is 23.2. The minimum absolute atomic E-state index is 0.00820. The van der Waals surface area contributed by atoms with E-state index in [1.54, 1.807) is 25.1 Å². The van der Waals surface area contributed by atoms with E-state index in [0.29, 0.717) is 24.3 Å². The smallest absolute Gasteiger partial charge is 0.344 e. The Hall–Kier alpha value is -1.36. The molecule has 104 valence electrons. The third kappa shape index (κ3) is 5.03. The van der Waals surface area contributed by atoms with Gasteiger partial charge in [0.25, 0.3) is 0 Å². The van der Waals surface area contributed by atoms with Crippen LogP contribution in [0.1, 0.15) is 37.0 Å². The summed E-state index contributed by atoms with van der Waals surface area (Å²) in [6.07, 6.45) is 1.23. The van der Waals surface area contributed by atoms with E-state index in [1.807, 2.05) is 6.92 Å². The number of carbonyl (C=O) groups is 2. The predicted octanol–water partition coefficient (Wildman–Crippen LogP) is 3.37. The van der Waals surface area contributed by atoms with Gasteiger partial charge in [0.1, 0.15) is 5.75 Å². The van der Waals surface area contributed by atoms with Gasteiger partial charge in [-0.15, -0.1) is 0 Å². The highest BCUT2D eigenvalue weighted by atomic mass is 79.9. The summed E-state index contributed by atoms with van der Waals surface area (Å²) >= 11 is 3.31. The Morgan fingerprint density at radius 2 is 2.00 bits per heavy atom. The molecule has 0 heterocycles. The van der Waals surface area contributed by atoms with Crippen LogP contribution in [0.3, 0.4) is 0 Å². The van der Waals surface area contributed by atoms with Gasteiger partial charge in [-0.3, -0.25) is 4.79 Å². The Balaban J connectivity index is 2.82. The Morgan fingerprint density at radius 3 is 2.63 bits per heavy atom. The number of hydrogen-bond donors (Lipinski definition) is 0. The van der Waals surface area contributed by atoms with Crippen molar-refractivity contribution in [3.63, 3.8) is 0 Å². The van der Waals surface area contributed by atoms with Crippen LogP contribution in [-0.4, -0.2) is 25.0 Å². The van der Waals surface area contributed by atoms with Crippen LogP contribution in [0.25, 0.3) is 0 Å². The molecular formula is C14H17BrO4. The topological polar surface area (TPSA) is 52.6 Å². The van der Waals surface area contributed by atoms with Crippen molar-refractivity contribution in [2.45, 2.75) is 26.7 Å². The molecule has 0 spiro atoms. The average Bonchev–Trinajstić information content (AvgIpc) is 2.37. The molecule has 0 saturated heterocycles. The Bertz CT molecular complexity index is 457. The summed E-state index contributed by atoms with van der Waals surface area (Å²) in [5.74, 6) is -0.0360. The lowest BCUT2D eigenvalue weighted by Gasteiger charge is -2.10. The van der Waals surface area contributed by atoms with E-state index in [0.717, 1.165) is 10.9 Å². The lowest BCUT2D eigenvalue weighted by atomic mass is 10.1. The molecule has 1 aromatic carbocycles. The van der Waals surface area contributed by atoms with E-state index < -0.39 is 5.97 Å². The second kappa shape index (κ2) is 7.94. The fourth-order valence-corrected chi connectivity index (χ4v) is 1.89. The highest BCUT2D eigenvalue weighted by Crippen LogP contribution is 2.25. The third-order valence-corrected chi connectivity index (χ3v) is 2.87. The number of hydrogen-bond acceptors (Lipinski definition) is 4. The summed E-state index contributed by atoms with van der Waals surface area (Å²) in [5.41, 5.74) is 0.495. The minimum atomic E-state index is -0.448. The largest absolute Gasteiger partial charge is 0.481 e. The highest BCUT2D eigenvalue weighted by Gasteiger charge is 2.13. The molecule has 0 N–H and O–H groups in total. The first kappa shape index (κ1) is 15.7. The minimum Gasteiger partial charge on any atom is -0.481 e. The van der Waals surface area contributed by atoms with Crippen LogP contribution in [0.5, 0.6) is 5.75 Å². The van der Waals surface area contributed by atoms with Crippen LogP contribution in [0.15, 0.2) is 22.7 Å². The molecule has 1 aromatic rings. The monoisotopic (exact) mass is 328 g/mol. The zero-order valence-corrected chi connectivity index (χ0v) is 12.7. The van der Waals surface area contributed by atoms with Crippen LogP contribution >= 0.6 is 15.9 Å². The predicted molar refractivity (Wildman–Crippen MR) is 75.5 cm³/mol. The summed E-state index contributed by atoms with van der Waals surface area (Å²) < 4.78 is 10.9. The van der Waals surface area contributed by atoms with Crippen LogP contribution in [0, 0.1) is 0 Å². The van der Waals surface area contributed by atoms with Crippen molar-refractivity contribution < 1.29 is 19.1 Å². The van der Waals surface area contributed by atoms with Gasteiger partial charge in [0.05, 0.1) is 12.2 Å². The van der Waals surface area contributed by atoms with E-state index in [2.05, 4.69) is 15.9 Å². The maximum absolute atomic E-state index is 11.9. The van der Waals surface area contributed by atoms with Gasteiger partial charge in [0, 0.05) is 10.9 Å². The quantitative estimate of drug-likeness (QED) is 0.568. The van der Waals surface area contributed by atoms with E-state index in [1.165, 1.54) is 0 Å². The summed E-state index contributed by atoms with van der Waals surface area (Å²) in [6, 6.07) is 5.16. The fraction of sp³-hybridized carbons (Fsp3) is 0.429. The number of Topliss-reactive ketones (excluding diaryl/α,β-unsaturated/α-hetero) is 1. The van der Waals surface area contributed by atoms with Crippen molar-refractivity contribution in [3.05, 3.63) is 28.2 Å². The molecule has 0 saturated carbocycles. The maximum Gasteiger partial charge on any atom is 0.344 e. The van der Waals surface area contributed by atoms with Crippen LogP contribution < -0.4 is 4.74 Å². The van der Waals surface area contributed by atoms with E-state index in [9.17, 15) is 9.59 Å². The van der Waals surface area contributed by atoms with Crippen molar-refractivity contribution in [1.29, 1.82) is 0 Å². The molecule has 0 amide bonds. The van der Waals surface area contributed by atoms with E-state index in [-0.39, 0.29) is 12.4 Å². The molecule has 0 bridgehead atoms. The zero-order valence-electron chi connectivity index (χ0n) is 11.1. The van der Waals surface area contributed by atoms with Crippen LogP contribution in [-0.2, 0) is 9.53 Å². The van der Waals surface area contributed by atoms with Gasteiger partial charge in [-0.1, -0.05) is 22.9 Å². The third-order valence-electron chi connectivity index (χ3n) is 2.37. The number of ketones is 1. The van der Waals surface area contributed by atoms with Crippen LogP contribution in [0.4, 0.5) is 0 Å². The molecule has 0 aliphatic heterocycles. The molecule has 0 unspecified atom stereocenters. The first-order valence-corrected chi connectivity index (χ1v) is 6.99. The average molecular weight is 329 g/mol. The van der Waals surface area contributed by atoms with Gasteiger partial charge in [-0.25, -0.2) is 4.79 Å². The first-order valence-electron chi connectivity index (χ1n) is 6.19.